The quantitative estimate of drug-likeness (QED) is 0.0210. The van der Waals surface area contributed by atoms with Gasteiger partial charge in [0.25, 0.3) is 0 Å². The largest absolute Gasteiger partial charge is 0.394 e. The number of rotatable bonds is 34. The monoisotopic (exact) mass is 1440 g/mol. The Balaban J connectivity index is 1.17. The molecule has 7 heterocycles. The van der Waals surface area contributed by atoms with Crippen LogP contribution in [0.1, 0.15) is 13.8 Å². The van der Waals surface area contributed by atoms with Crippen LogP contribution in [0.5, 0.6) is 0 Å². The van der Waals surface area contributed by atoms with Crippen LogP contribution < -0.4 is 0 Å². The van der Waals surface area contributed by atoms with Crippen LogP contribution in [0.4, 0.5) is 0 Å². The first-order valence-corrected chi connectivity index (χ1v) is 31.0. The summed E-state index contributed by atoms with van der Waals surface area (Å²) in [6.07, 6.45) is -79.7. The van der Waals surface area contributed by atoms with Crippen molar-refractivity contribution in [1.29, 1.82) is 0 Å². The molecule has 7 aliphatic heterocycles. The number of carbonyl (C=O) groups is 4. The molecule has 0 bridgehead atoms. The lowest BCUT2D eigenvalue weighted by Crippen LogP contribution is -2.68. The van der Waals surface area contributed by atoms with Crippen molar-refractivity contribution in [2.24, 2.45) is 5.92 Å². The number of aliphatic hydroxyl groups is 22. The van der Waals surface area contributed by atoms with Gasteiger partial charge < -0.3 is 202 Å². The number of hydrogen-bond acceptors (Lipinski definition) is 43. The fourth-order valence-corrected chi connectivity index (χ4v) is 11.8. The molecule has 0 aromatic rings. The molecule has 39 unspecified atom stereocenters. The Morgan fingerprint density at radius 3 is 0.827 bits per heavy atom. The molecule has 43 heteroatoms. The van der Waals surface area contributed by atoms with Crippen molar-refractivity contribution in [1.82, 2.24) is 0 Å². The summed E-state index contributed by atoms with van der Waals surface area (Å²) in [4.78, 5) is 46.7. The van der Waals surface area contributed by atoms with Crippen LogP contribution in [0.2, 0.25) is 0 Å². The first kappa shape index (κ1) is 82.4. The van der Waals surface area contributed by atoms with Crippen molar-refractivity contribution in [2.75, 3.05) is 59.5 Å². The van der Waals surface area contributed by atoms with Crippen molar-refractivity contribution in [3.8, 4) is 0 Å². The van der Waals surface area contributed by atoms with Crippen molar-refractivity contribution < 1.29 is 212 Å². The third-order valence-corrected chi connectivity index (χ3v) is 17.3. The standard InChI is InChI=1S/C55H90O43/c1-16(2)42-35(75)43(28(68)19(7-60)85-42)94-53-39(79)47(32(72)23(11-64)89-53)96-54-40(80)48(33(73)24(12-65)90-54)97-55-41(81)49(98-52-38(78)45(30(70)22(10-63)88-52)93-27(14-67)84-18(5-58)6-59)34(74)25(91-55)15-82-50-36(76)46(31(71)20(8-61)86-50)95-51-37(77)44(29(69)21(9-62)87-51)92-26(13-66)83-17(3-56)4-57/h3,5,13-14,16-55,57,59-65,68-81H,4,6-12,15H2,1-2H3. The molecule has 0 aromatic carbocycles. The Morgan fingerprint density at radius 1 is 0.306 bits per heavy atom. The van der Waals surface area contributed by atoms with E-state index in [0.717, 1.165) is 0 Å². The van der Waals surface area contributed by atoms with Gasteiger partial charge in [0.1, 0.15) is 183 Å². The Labute approximate surface area is 554 Å². The first-order valence-electron chi connectivity index (χ1n) is 31.0. The molecule has 7 saturated heterocycles. The fraction of sp³-hybridized carbons (Fsp3) is 0.927. The minimum absolute atomic E-state index is 0.0362. The van der Waals surface area contributed by atoms with Crippen LogP contribution in [0, 0.1) is 5.92 Å². The topological polar surface area (TPSA) is 670 Å². The molecule has 0 radical (unpaired) electrons. The van der Waals surface area contributed by atoms with Crippen molar-refractivity contribution in [2.45, 2.75) is 253 Å². The van der Waals surface area contributed by atoms with E-state index in [1.165, 1.54) is 0 Å². The lowest BCUT2D eigenvalue weighted by molar-refractivity contribution is -0.398. The highest BCUT2D eigenvalue weighted by molar-refractivity contribution is 5.59. The van der Waals surface area contributed by atoms with Gasteiger partial charge in [0.05, 0.1) is 65.6 Å². The second-order valence-corrected chi connectivity index (χ2v) is 24.1. The van der Waals surface area contributed by atoms with E-state index in [0.29, 0.717) is 0 Å². The van der Waals surface area contributed by atoms with Crippen LogP contribution in [0.25, 0.3) is 0 Å². The van der Waals surface area contributed by atoms with Crippen molar-refractivity contribution in [3.63, 3.8) is 0 Å². The number of hydrogen-bond donors (Lipinski definition) is 22. The Morgan fingerprint density at radius 2 is 0.551 bits per heavy atom. The Bertz CT molecular complexity index is 2390. The number of aliphatic hydroxyl groups excluding tert-OH is 22. The molecule has 0 aliphatic carbocycles. The Hall–Kier alpha value is -2.88. The minimum atomic E-state index is -2.51. The molecule has 0 aromatic heterocycles. The maximum Gasteiger partial charge on any atom is 0.215 e. The van der Waals surface area contributed by atoms with Gasteiger partial charge in [-0.25, -0.2) is 0 Å². The predicted molar refractivity (Wildman–Crippen MR) is 298 cm³/mol. The zero-order valence-corrected chi connectivity index (χ0v) is 52.2. The second kappa shape index (κ2) is 37.7. The predicted octanol–water partition coefficient (Wildman–Crippen LogP) is -16.3. The molecule has 7 aliphatic rings. The highest BCUT2D eigenvalue weighted by atomic mass is 16.8. The van der Waals surface area contributed by atoms with Gasteiger partial charge in [0.2, 0.25) is 12.6 Å². The first-order chi connectivity index (χ1) is 46.7. The average molecular weight is 1440 g/mol. The molecule has 0 saturated carbocycles. The second-order valence-electron chi connectivity index (χ2n) is 24.1. The van der Waals surface area contributed by atoms with E-state index >= 15 is 0 Å². The SMILES string of the molecule is CC(C)C1OC(CO)C(O)C(OC2OC(CO)C(O)C(OC3OC(CO)C(O)C(OC4OC(COC5OC(CO)C(O)C(OC6OC(CO)C(O)C(OC(C=O)OC(C=O)CO)C6O)C5O)C(O)C(OC5OC(CO)C(O)C(OC(C=O)OC(C=O)CO)C5O)C4O)C3O)C2O)C1O. The lowest BCUT2D eigenvalue weighted by Gasteiger charge is -2.50. The zero-order valence-electron chi connectivity index (χ0n) is 52.2. The minimum Gasteiger partial charge on any atom is -0.394 e. The molecular formula is C55H90O43. The molecule has 22 N–H and O–H groups in total. The molecule has 7 rings (SSSR count). The number of ether oxygens (including phenoxy) is 17. The average Bonchev–Trinajstić information content (AvgIpc) is 0.779. The third kappa shape index (κ3) is 18.6. The molecule has 568 valence electrons. The molecular weight excluding hydrogens is 1350 g/mol. The van der Waals surface area contributed by atoms with Crippen molar-refractivity contribution >= 4 is 25.1 Å². The smallest absolute Gasteiger partial charge is 0.215 e. The van der Waals surface area contributed by atoms with Crippen LogP contribution >= 0.6 is 0 Å². The summed E-state index contributed by atoms with van der Waals surface area (Å²) in [6.45, 7) is -6.09. The van der Waals surface area contributed by atoms with Crippen LogP contribution in [0.15, 0.2) is 0 Å². The molecule has 98 heavy (non-hydrogen) atoms. The van der Waals surface area contributed by atoms with E-state index in [4.69, 9.17) is 80.5 Å². The van der Waals surface area contributed by atoms with E-state index < -0.39 is 305 Å². The normalized spacial score (nSPS) is 46.2. The zero-order chi connectivity index (χ0) is 72.3. The van der Waals surface area contributed by atoms with Crippen LogP contribution in [-0.4, -0.2) is 436 Å². The van der Waals surface area contributed by atoms with Gasteiger partial charge in [0.15, 0.2) is 62.9 Å². The summed E-state index contributed by atoms with van der Waals surface area (Å²) >= 11 is 0. The summed E-state index contributed by atoms with van der Waals surface area (Å²) in [5, 5.41) is 242. The van der Waals surface area contributed by atoms with E-state index in [9.17, 15) is 132 Å². The van der Waals surface area contributed by atoms with Gasteiger partial charge in [-0.3, -0.25) is 9.59 Å². The van der Waals surface area contributed by atoms with Crippen molar-refractivity contribution in [3.05, 3.63) is 0 Å². The highest BCUT2D eigenvalue weighted by Crippen LogP contribution is 2.39. The highest BCUT2D eigenvalue weighted by Gasteiger charge is 2.59. The molecule has 0 amide bonds. The molecule has 7 fully saturated rings. The van der Waals surface area contributed by atoms with E-state index in [-0.39, 0.29) is 25.1 Å². The van der Waals surface area contributed by atoms with Gasteiger partial charge >= 0.3 is 0 Å². The van der Waals surface area contributed by atoms with Gasteiger partial charge in [-0.1, -0.05) is 13.8 Å². The molecule has 43 nitrogen and oxygen atoms in total. The fourth-order valence-electron chi connectivity index (χ4n) is 11.8. The van der Waals surface area contributed by atoms with Gasteiger partial charge in [0, 0.05) is 0 Å². The number of carbonyl (C=O) groups excluding carboxylic acids is 4. The summed E-state index contributed by atoms with van der Waals surface area (Å²) in [6, 6.07) is 0. The Kier molecular flexibility index (Phi) is 31.7. The van der Waals surface area contributed by atoms with E-state index in [2.05, 4.69) is 0 Å². The summed E-state index contributed by atoms with van der Waals surface area (Å²) in [5.74, 6) is -0.455. The lowest BCUT2D eigenvalue weighted by atomic mass is 9.89. The third-order valence-electron chi connectivity index (χ3n) is 17.3. The van der Waals surface area contributed by atoms with Crippen LogP contribution in [0.3, 0.4) is 0 Å². The van der Waals surface area contributed by atoms with E-state index in [1.807, 2.05) is 0 Å². The van der Waals surface area contributed by atoms with Gasteiger partial charge in [-0.05, 0) is 5.92 Å². The van der Waals surface area contributed by atoms with E-state index in [1.54, 1.807) is 13.8 Å². The van der Waals surface area contributed by atoms with Gasteiger partial charge in [-0.2, -0.15) is 0 Å². The summed E-state index contributed by atoms with van der Waals surface area (Å²) in [7, 11) is 0. The summed E-state index contributed by atoms with van der Waals surface area (Å²) < 4.78 is 95.7. The number of aldehydes is 4. The van der Waals surface area contributed by atoms with Gasteiger partial charge in [-0.15, -0.1) is 0 Å². The summed E-state index contributed by atoms with van der Waals surface area (Å²) in [5.41, 5.74) is 0. The maximum absolute atomic E-state index is 12.2. The van der Waals surface area contributed by atoms with Crippen LogP contribution in [-0.2, 0) is 99.7 Å². The molecule has 39 atom stereocenters. The molecule has 0 spiro atoms. The maximum atomic E-state index is 12.2.